The van der Waals surface area contributed by atoms with E-state index in [0.29, 0.717) is 30.5 Å². The topological polar surface area (TPSA) is 105 Å². The van der Waals surface area contributed by atoms with Crippen LogP contribution in [0.25, 0.3) is 16.9 Å². The van der Waals surface area contributed by atoms with E-state index in [1.165, 1.54) is 6.33 Å². The summed E-state index contributed by atoms with van der Waals surface area (Å²) in [5.41, 5.74) is 4.44. The van der Waals surface area contributed by atoms with E-state index in [1.807, 2.05) is 35.8 Å². The minimum Gasteiger partial charge on any atom is -0.423 e. The number of ether oxygens (including phenoxy) is 1. The average molecular weight is 403 g/mol. The SMILES string of the molecule is COCc1cccc2c1cc(C)n2-c1ncnc(NCc2cccc(B(O)O)c2)n1. The van der Waals surface area contributed by atoms with Crippen molar-refractivity contribution in [2.24, 2.45) is 0 Å². The van der Waals surface area contributed by atoms with Crippen molar-refractivity contribution >= 4 is 29.4 Å². The van der Waals surface area contributed by atoms with Crippen LogP contribution in [-0.2, 0) is 17.9 Å². The average Bonchev–Trinajstić information content (AvgIpc) is 3.10. The summed E-state index contributed by atoms with van der Waals surface area (Å²) in [4.78, 5) is 13.2. The van der Waals surface area contributed by atoms with E-state index in [-0.39, 0.29) is 0 Å². The van der Waals surface area contributed by atoms with Crippen LogP contribution in [0.1, 0.15) is 16.8 Å². The van der Waals surface area contributed by atoms with Gasteiger partial charge in [-0.25, -0.2) is 9.97 Å². The van der Waals surface area contributed by atoms with Crippen molar-refractivity contribution < 1.29 is 14.8 Å². The lowest BCUT2D eigenvalue weighted by Gasteiger charge is -2.10. The summed E-state index contributed by atoms with van der Waals surface area (Å²) in [6.45, 7) is 2.99. The first kappa shape index (κ1) is 20.0. The summed E-state index contributed by atoms with van der Waals surface area (Å²) in [5, 5.41) is 22.9. The first-order valence-electron chi connectivity index (χ1n) is 9.54. The van der Waals surface area contributed by atoms with Gasteiger partial charge in [-0.1, -0.05) is 36.4 Å². The van der Waals surface area contributed by atoms with Crippen molar-refractivity contribution in [3.8, 4) is 5.95 Å². The van der Waals surface area contributed by atoms with Gasteiger partial charge < -0.3 is 20.1 Å². The number of hydrogen-bond donors (Lipinski definition) is 3. The van der Waals surface area contributed by atoms with Gasteiger partial charge in [-0.15, -0.1) is 0 Å². The molecule has 2 heterocycles. The van der Waals surface area contributed by atoms with Crippen molar-refractivity contribution in [3.63, 3.8) is 0 Å². The number of hydrogen-bond acceptors (Lipinski definition) is 7. The van der Waals surface area contributed by atoms with Crippen molar-refractivity contribution in [1.29, 1.82) is 0 Å². The Morgan fingerprint density at radius 2 is 1.93 bits per heavy atom. The molecule has 30 heavy (non-hydrogen) atoms. The lowest BCUT2D eigenvalue weighted by Crippen LogP contribution is -2.30. The number of aromatic nitrogens is 4. The van der Waals surface area contributed by atoms with E-state index in [1.54, 1.807) is 25.3 Å². The largest absolute Gasteiger partial charge is 0.488 e. The van der Waals surface area contributed by atoms with E-state index in [4.69, 9.17) is 4.74 Å². The van der Waals surface area contributed by atoms with Gasteiger partial charge in [0.05, 0.1) is 12.1 Å². The molecule has 0 spiro atoms. The second-order valence-corrected chi connectivity index (χ2v) is 6.99. The molecule has 9 heteroatoms. The summed E-state index contributed by atoms with van der Waals surface area (Å²) < 4.78 is 7.31. The maximum Gasteiger partial charge on any atom is 0.488 e. The predicted molar refractivity (Wildman–Crippen MR) is 116 cm³/mol. The zero-order valence-corrected chi connectivity index (χ0v) is 16.8. The van der Waals surface area contributed by atoms with Gasteiger partial charge in [-0.2, -0.15) is 4.98 Å². The minimum atomic E-state index is -1.50. The van der Waals surface area contributed by atoms with Gasteiger partial charge in [-0.05, 0) is 35.6 Å². The van der Waals surface area contributed by atoms with Crippen LogP contribution in [-0.4, -0.2) is 43.8 Å². The molecular formula is C21H22BN5O3. The number of anilines is 1. The lowest BCUT2D eigenvalue weighted by molar-refractivity contribution is 0.186. The maximum absolute atomic E-state index is 9.33. The second kappa shape index (κ2) is 8.62. The first-order valence-corrected chi connectivity index (χ1v) is 9.54. The highest BCUT2D eigenvalue weighted by Crippen LogP contribution is 2.26. The van der Waals surface area contributed by atoms with Gasteiger partial charge in [0.25, 0.3) is 0 Å². The number of fused-ring (bicyclic) bond motifs is 1. The van der Waals surface area contributed by atoms with Crippen LogP contribution in [0.15, 0.2) is 54.9 Å². The van der Waals surface area contributed by atoms with Gasteiger partial charge in [-0.3, -0.25) is 4.57 Å². The molecule has 0 aliphatic carbocycles. The van der Waals surface area contributed by atoms with Gasteiger partial charge in [0, 0.05) is 24.7 Å². The molecule has 3 N–H and O–H groups in total. The van der Waals surface area contributed by atoms with Crippen LogP contribution in [0.2, 0.25) is 0 Å². The Bertz CT molecular complexity index is 1180. The monoisotopic (exact) mass is 403 g/mol. The van der Waals surface area contributed by atoms with Crippen molar-refractivity contribution in [2.45, 2.75) is 20.1 Å². The van der Waals surface area contributed by atoms with E-state index in [9.17, 15) is 10.0 Å². The molecule has 0 bridgehead atoms. The molecule has 0 saturated carbocycles. The Morgan fingerprint density at radius 3 is 2.73 bits per heavy atom. The van der Waals surface area contributed by atoms with E-state index in [0.717, 1.165) is 27.7 Å². The van der Waals surface area contributed by atoms with E-state index >= 15 is 0 Å². The van der Waals surface area contributed by atoms with Crippen LogP contribution in [0.3, 0.4) is 0 Å². The van der Waals surface area contributed by atoms with Crippen LogP contribution in [0.5, 0.6) is 0 Å². The van der Waals surface area contributed by atoms with Gasteiger partial charge in [0.15, 0.2) is 0 Å². The highest BCUT2D eigenvalue weighted by molar-refractivity contribution is 6.58. The third-order valence-electron chi connectivity index (χ3n) is 4.88. The fraction of sp³-hybridized carbons (Fsp3) is 0.190. The first-order chi connectivity index (χ1) is 14.6. The smallest absolute Gasteiger partial charge is 0.423 e. The lowest BCUT2D eigenvalue weighted by atomic mass is 9.80. The Kier molecular flexibility index (Phi) is 5.76. The third kappa shape index (κ3) is 4.04. The zero-order chi connectivity index (χ0) is 21.1. The summed E-state index contributed by atoms with van der Waals surface area (Å²) >= 11 is 0. The fourth-order valence-electron chi connectivity index (χ4n) is 3.50. The number of rotatable bonds is 7. The Labute approximate surface area is 174 Å². The molecule has 152 valence electrons. The van der Waals surface area contributed by atoms with Crippen LogP contribution in [0, 0.1) is 6.92 Å². The Hall–Kier alpha value is -3.27. The highest BCUT2D eigenvalue weighted by atomic mass is 16.5. The summed E-state index contributed by atoms with van der Waals surface area (Å²) in [6.07, 6.45) is 1.48. The second-order valence-electron chi connectivity index (χ2n) is 6.99. The molecule has 8 nitrogen and oxygen atoms in total. The van der Waals surface area contributed by atoms with Gasteiger partial charge >= 0.3 is 7.12 Å². The summed E-state index contributed by atoms with van der Waals surface area (Å²) in [5.74, 6) is 0.957. The van der Waals surface area contributed by atoms with Crippen molar-refractivity contribution in [3.05, 3.63) is 71.7 Å². The minimum absolute atomic E-state index is 0.434. The molecule has 4 aromatic rings. The number of methoxy groups -OCH3 is 1. The quantitative estimate of drug-likeness (QED) is 0.402. The van der Waals surface area contributed by atoms with Crippen molar-refractivity contribution in [1.82, 2.24) is 19.5 Å². The summed E-state index contributed by atoms with van der Waals surface area (Å²) in [7, 11) is 0.186. The van der Waals surface area contributed by atoms with Crippen LogP contribution in [0.4, 0.5) is 5.95 Å². The van der Waals surface area contributed by atoms with E-state index in [2.05, 4.69) is 26.3 Å². The van der Waals surface area contributed by atoms with Gasteiger partial charge in [0.1, 0.15) is 6.33 Å². The Morgan fingerprint density at radius 1 is 1.10 bits per heavy atom. The molecule has 4 rings (SSSR count). The Balaban J connectivity index is 1.62. The molecule has 2 aromatic carbocycles. The number of nitrogens with one attached hydrogen (secondary N) is 1. The molecule has 0 aliphatic heterocycles. The number of nitrogens with zero attached hydrogens (tertiary/aromatic N) is 4. The maximum atomic E-state index is 9.33. The van der Waals surface area contributed by atoms with Gasteiger partial charge in [0.2, 0.25) is 11.9 Å². The fourth-order valence-corrected chi connectivity index (χ4v) is 3.50. The summed E-state index contributed by atoms with van der Waals surface area (Å²) in [6, 6.07) is 15.2. The molecule has 0 saturated heterocycles. The van der Waals surface area contributed by atoms with Crippen LogP contribution < -0.4 is 10.8 Å². The molecule has 2 aromatic heterocycles. The number of benzene rings is 2. The van der Waals surface area contributed by atoms with E-state index < -0.39 is 7.12 Å². The molecule has 0 aliphatic rings. The predicted octanol–water partition coefficient (Wildman–Crippen LogP) is 1.56. The number of aryl methyl sites for hydroxylation is 1. The molecule has 0 amide bonds. The molecule has 0 fully saturated rings. The molecular weight excluding hydrogens is 381 g/mol. The third-order valence-corrected chi connectivity index (χ3v) is 4.88. The van der Waals surface area contributed by atoms with Crippen molar-refractivity contribution in [2.75, 3.05) is 12.4 Å². The standard InChI is InChI=1S/C21H22BN5O3/c1-14-9-18-16(12-30-2)6-4-8-19(18)27(14)21-25-13-24-20(26-21)23-11-15-5-3-7-17(10-15)22(28)29/h3-10,13,28-29H,11-12H2,1-2H3,(H,23,24,25,26). The van der Waals surface area contributed by atoms with Crippen LogP contribution >= 0.6 is 0 Å². The molecule has 0 radical (unpaired) electrons. The normalized spacial score (nSPS) is 11.1. The molecule has 0 unspecified atom stereocenters. The highest BCUT2D eigenvalue weighted by Gasteiger charge is 2.14. The zero-order valence-electron chi connectivity index (χ0n) is 16.8. The molecule has 0 atom stereocenters.